The van der Waals surface area contributed by atoms with Gasteiger partial charge in [-0.3, -0.25) is 9.59 Å². The van der Waals surface area contributed by atoms with Gasteiger partial charge in [0, 0.05) is 44.3 Å². The first-order valence-electron chi connectivity index (χ1n) is 9.55. The Bertz CT molecular complexity index is 672. The average Bonchev–Trinajstić information content (AvgIpc) is 2.87. The second kappa shape index (κ2) is 7.39. The fourth-order valence-electron chi connectivity index (χ4n) is 4.68. The summed E-state index contributed by atoms with van der Waals surface area (Å²) >= 11 is 0. The Morgan fingerprint density at radius 1 is 1.19 bits per heavy atom. The molecule has 0 aromatic heterocycles. The van der Waals surface area contributed by atoms with Gasteiger partial charge in [0.1, 0.15) is 0 Å². The van der Waals surface area contributed by atoms with Gasteiger partial charge in [0.15, 0.2) is 0 Å². The van der Waals surface area contributed by atoms with Crippen LogP contribution in [-0.2, 0) is 9.53 Å². The molecule has 1 unspecified atom stereocenters. The minimum Gasteiger partial charge on any atom is -0.384 e. The molecule has 5 nitrogen and oxygen atoms in total. The second-order valence-corrected chi connectivity index (χ2v) is 7.89. The maximum absolute atomic E-state index is 12.9. The zero-order valence-electron chi connectivity index (χ0n) is 16.4. The number of hydrogen-bond donors (Lipinski definition) is 0. The number of piperidine rings is 1. The summed E-state index contributed by atoms with van der Waals surface area (Å²) in [6.07, 6.45) is 1.72. The van der Waals surface area contributed by atoms with Gasteiger partial charge < -0.3 is 14.5 Å². The van der Waals surface area contributed by atoms with Gasteiger partial charge in [0.05, 0.1) is 12.5 Å². The first kappa shape index (κ1) is 18.9. The van der Waals surface area contributed by atoms with Crippen LogP contribution >= 0.6 is 0 Å². The van der Waals surface area contributed by atoms with Gasteiger partial charge in [-0.25, -0.2) is 0 Å². The molecule has 5 heteroatoms. The first-order chi connectivity index (χ1) is 12.4. The largest absolute Gasteiger partial charge is 0.384 e. The lowest BCUT2D eigenvalue weighted by Crippen LogP contribution is -2.47. The molecule has 0 saturated carbocycles. The molecule has 1 atom stereocenters. The van der Waals surface area contributed by atoms with Gasteiger partial charge in [0.2, 0.25) is 5.91 Å². The molecule has 1 aromatic rings. The van der Waals surface area contributed by atoms with E-state index in [0.29, 0.717) is 19.7 Å². The quantitative estimate of drug-likeness (QED) is 0.831. The molecule has 2 heterocycles. The topological polar surface area (TPSA) is 49.9 Å². The highest BCUT2D eigenvalue weighted by Crippen LogP contribution is 2.45. The summed E-state index contributed by atoms with van der Waals surface area (Å²) in [4.78, 5) is 29.5. The summed E-state index contributed by atoms with van der Waals surface area (Å²) in [5.41, 5.74) is 2.94. The van der Waals surface area contributed by atoms with E-state index < -0.39 is 0 Å². The number of ether oxygens (including phenoxy) is 1. The fraction of sp³-hybridized carbons (Fsp3) is 0.619. The highest BCUT2D eigenvalue weighted by molar-refractivity contribution is 5.94. The van der Waals surface area contributed by atoms with Crippen molar-refractivity contribution < 1.29 is 14.3 Å². The third kappa shape index (κ3) is 3.37. The van der Waals surface area contributed by atoms with E-state index in [1.807, 2.05) is 42.7 Å². The number of hydrogen-bond acceptors (Lipinski definition) is 3. The molecule has 0 bridgehead atoms. The summed E-state index contributed by atoms with van der Waals surface area (Å²) in [6.45, 7) is 9.49. The number of rotatable bonds is 4. The van der Waals surface area contributed by atoms with Crippen LogP contribution in [0.1, 0.15) is 41.3 Å². The van der Waals surface area contributed by atoms with Crippen molar-refractivity contribution in [1.82, 2.24) is 9.80 Å². The van der Waals surface area contributed by atoms with Crippen molar-refractivity contribution >= 4 is 11.8 Å². The van der Waals surface area contributed by atoms with Crippen molar-refractivity contribution in [2.75, 3.05) is 39.9 Å². The summed E-state index contributed by atoms with van der Waals surface area (Å²) in [5.74, 6) is 0.237. The van der Waals surface area contributed by atoms with Crippen molar-refractivity contribution in [1.29, 1.82) is 0 Å². The molecule has 2 saturated heterocycles. The Morgan fingerprint density at radius 3 is 2.35 bits per heavy atom. The van der Waals surface area contributed by atoms with E-state index in [2.05, 4.69) is 6.07 Å². The molecule has 26 heavy (non-hydrogen) atoms. The van der Waals surface area contributed by atoms with Crippen LogP contribution in [0, 0.1) is 25.2 Å². The number of benzene rings is 1. The SMILES string of the molecule is CCN1CC2(CCN(C(=O)c3cc(C)cc(C)c3)CC2)C(COC)C1=O. The van der Waals surface area contributed by atoms with Crippen molar-refractivity contribution in [2.24, 2.45) is 11.3 Å². The number of methoxy groups -OCH3 is 1. The van der Waals surface area contributed by atoms with Gasteiger partial charge in [-0.2, -0.15) is 0 Å². The van der Waals surface area contributed by atoms with Crippen molar-refractivity contribution in [3.63, 3.8) is 0 Å². The van der Waals surface area contributed by atoms with E-state index in [9.17, 15) is 9.59 Å². The number of amides is 2. The maximum Gasteiger partial charge on any atom is 0.253 e. The Balaban J connectivity index is 1.73. The van der Waals surface area contributed by atoms with Crippen LogP contribution in [0.15, 0.2) is 18.2 Å². The predicted octanol–water partition coefficient (Wildman–Crippen LogP) is 2.65. The van der Waals surface area contributed by atoms with Gasteiger partial charge in [-0.05, 0) is 45.7 Å². The van der Waals surface area contributed by atoms with Gasteiger partial charge in [0.25, 0.3) is 5.91 Å². The zero-order chi connectivity index (χ0) is 18.9. The Kier molecular flexibility index (Phi) is 5.37. The van der Waals surface area contributed by atoms with Crippen LogP contribution in [0.4, 0.5) is 0 Å². The smallest absolute Gasteiger partial charge is 0.253 e. The highest BCUT2D eigenvalue weighted by Gasteiger charge is 2.52. The lowest BCUT2D eigenvalue weighted by Gasteiger charge is -2.41. The van der Waals surface area contributed by atoms with E-state index >= 15 is 0 Å². The van der Waals surface area contributed by atoms with Crippen LogP contribution in [0.3, 0.4) is 0 Å². The molecule has 2 amide bonds. The molecular formula is C21H30N2O3. The van der Waals surface area contributed by atoms with E-state index in [0.717, 1.165) is 42.6 Å². The lowest BCUT2D eigenvalue weighted by molar-refractivity contribution is -0.133. The van der Waals surface area contributed by atoms with Crippen LogP contribution in [0.5, 0.6) is 0 Å². The molecule has 0 N–H and O–H groups in total. The second-order valence-electron chi connectivity index (χ2n) is 7.89. The van der Waals surface area contributed by atoms with E-state index in [1.165, 1.54) is 0 Å². The molecule has 1 spiro atoms. The number of aryl methyl sites for hydroxylation is 2. The molecule has 2 aliphatic heterocycles. The maximum atomic E-state index is 12.9. The van der Waals surface area contributed by atoms with Crippen LogP contribution in [-0.4, -0.2) is 61.5 Å². The fourth-order valence-corrected chi connectivity index (χ4v) is 4.68. The van der Waals surface area contributed by atoms with E-state index in [-0.39, 0.29) is 23.1 Å². The molecule has 0 radical (unpaired) electrons. The Labute approximate surface area is 156 Å². The van der Waals surface area contributed by atoms with Crippen LogP contribution in [0.2, 0.25) is 0 Å². The number of carbonyl (C=O) groups is 2. The van der Waals surface area contributed by atoms with Crippen molar-refractivity contribution in [3.05, 3.63) is 34.9 Å². The van der Waals surface area contributed by atoms with Crippen molar-refractivity contribution in [3.8, 4) is 0 Å². The van der Waals surface area contributed by atoms with Crippen LogP contribution < -0.4 is 0 Å². The Morgan fingerprint density at radius 2 is 1.81 bits per heavy atom. The van der Waals surface area contributed by atoms with E-state index in [4.69, 9.17) is 4.74 Å². The summed E-state index contributed by atoms with van der Waals surface area (Å²) in [5, 5.41) is 0. The summed E-state index contributed by atoms with van der Waals surface area (Å²) in [7, 11) is 1.66. The zero-order valence-corrected chi connectivity index (χ0v) is 16.4. The van der Waals surface area contributed by atoms with Gasteiger partial charge in [-0.15, -0.1) is 0 Å². The third-order valence-corrected chi connectivity index (χ3v) is 6.08. The molecule has 142 valence electrons. The number of nitrogens with zero attached hydrogens (tertiary/aromatic N) is 2. The van der Waals surface area contributed by atoms with Crippen molar-refractivity contribution in [2.45, 2.75) is 33.6 Å². The highest BCUT2D eigenvalue weighted by atomic mass is 16.5. The predicted molar refractivity (Wildman–Crippen MR) is 101 cm³/mol. The van der Waals surface area contributed by atoms with Crippen LogP contribution in [0.25, 0.3) is 0 Å². The molecule has 2 fully saturated rings. The first-order valence-corrected chi connectivity index (χ1v) is 9.55. The molecular weight excluding hydrogens is 328 g/mol. The number of likely N-dealkylation sites (tertiary alicyclic amines) is 2. The monoisotopic (exact) mass is 358 g/mol. The molecule has 3 rings (SSSR count). The van der Waals surface area contributed by atoms with Gasteiger partial charge in [-0.1, -0.05) is 17.2 Å². The molecule has 1 aromatic carbocycles. The summed E-state index contributed by atoms with van der Waals surface area (Å²) < 4.78 is 5.36. The minimum atomic E-state index is -0.0779. The number of carbonyl (C=O) groups excluding carboxylic acids is 2. The molecule has 0 aliphatic carbocycles. The minimum absolute atomic E-state index is 0.0532. The Hall–Kier alpha value is -1.88. The molecule has 2 aliphatic rings. The average molecular weight is 358 g/mol. The standard InChI is InChI=1S/C21H30N2O3/c1-5-22-14-21(18(13-26-4)20(22)25)6-8-23(9-7-21)19(24)17-11-15(2)10-16(3)12-17/h10-12,18H,5-9,13-14H2,1-4H3. The summed E-state index contributed by atoms with van der Waals surface area (Å²) in [6, 6.07) is 6.01. The van der Waals surface area contributed by atoms with Gasteiger partial charge >= 0.3 is 0 Å². The lowest BCUT2D eigenvalue weighted by atomic mass is 9.71. The van der Waals surface area contributed by atoms with E-state index in [1.54, 1.807) is 7.11 Å². The third-order valence-electron chi connectivity index (χ3n) is 6.08. The normalized spacial score (nSPS) is 22.3.